The second-order valence-electron chi connectivity index (χ2n) is 3.33. The van der Waals surface area contributed by atoms with Gasteiger partial charge in [0, 0.05) is 0 Å². The van der Waals surface area contributed by atoms with E-state index in [1.807, 2.05) is 12.1 Å². The van der Waals surface area contributed by atoms with Crippen LogP contribution in [0.25, 0.3) is 0 Å². The minimum Gasteiger partial charge on any atom is -0.315 e. The maximum Gasteiger partial charge on any atom is 0.176 e. The number of nitrogens with zero attached hydrogens (tertiary/aromatic N) is 6. The molecule has 2 aromatic rings. The number of hydrazine groups is 1. The van der Waals surface area contributed by atoms with Gasteiger partial charge in [-0.2, -0.15) is 10.5 Å². The molecule has 0 unspecified atom stereocenters. The molecule has 0 aliphatic carbocycles. The van der Waals surface area contributed by atoms with Crippen molar-refractivity contribution in [1.82, 2.24) is 19.5 Å². The van der Waals surface area contributed by atoms with Gasteiger partial charge in [-0.1, -0.05) is 0 Å². The third kappa shape index (κ3) is 2.09. The molecule has 8 nitrogen and oxygen atoms in total. The van der Waals surface area contributed by atoms with Crippen LogP contribution in [0.3, 0.4) is 0 Å². The highest BCUT2D eigenvalue weighted by Gasteiger charge is 2.10. The lowest BCUT2D eigenvalue weighted by Crippen LogP contribution is -2.10. The first-order chi connectivity index (χ1) is 8.78. The number of hydrogen-bond donors (Lipinski definition) is 2. The Balaban J connectivity index is 2.26. The van der Waals surface area contributed by atoms with Gasteiger partial charge < -0.3 is 9.99 Å². The maximum atomic E-state index is 8.95. The molecular weight excluding hydrogens is 232 g/mol. The zero-order chi connectivity index (χ0) is 13.0. The minimum atomic E-state index is 0.103. The molecule has 0 bridgehead atoms. The van der Waals surface area contributed by atoms with Crippen molar-refractivity contribution >= 4 is 5.82 Å². The second-order valence-corrected chi connectivity index (χ2v) is 3.33. The Bertz CT molecular complexity index is 627. The molecule has 8 heteroatoms. The number of aromatic nitrogens is 4. The SMILES string of the molecule is N#Cc1ncn(Cc2cnc(NN)cn2)c1C#N. The molecular formula is C10H8N8. The van der Waals surface area contributed by atoms with Crippen LogP contribution in [0.15, 0.2) is 18.7 Å². The van der Waals surface area contributed by atoms with Crippen LogP contribution < -0.4 is 11.3 Å². The number of nitriles is 2. The van der Waals surface area contributed by atoms with E-state index >= 15 is 0 Å². The summed E-state index contributed by atoms with van der Waals surface area (Å²) in [7, 11) is 0. The minimum absolute atomic E-state index is 0.103. The quantitative estimate of drug-likeness (QED) is 0.558. The van der Waals surface area contributed by atoms with E-state index < -0.39 is 0 Å². The molecule has 0 aromatic carbocycles. The molecule has 18 heavy (non-hydrogen) atoms. The zero-order valence-electron chi connectivity index (χ0n) is 9.20. The third-order valence-corrected chi connectivity index (χ3v) is 2.24. The van der Waals surface area contributed by atoms with E-state index in [9.17, 15) is 0 Å². The molecule has 0 saturated heterocycles. The van der Waals surface area contributed by atoms with Gasteiger partial charge in [-0.3, -0.25) is 4.98 Å². The van der Waals surface area contributed by atoms with Gasteiger partial charge in [0.25, 0.3) is 0 Å². The van der Waals surface area contributed by atoms with Gasteiger partial charge in [-0.25, -0.2) is 15.8 Å². The summed E-state index contributed by atoms with van der Waals surface area (Å²) in [5.74, 6) is 5.62. The van der Waals surface area contributed by atoms with E-state index in [-0.39, 0.29) is 11.4 Å². The predicted molar refractivity (Wildman–Crippen MR) is 60.6 cm³/mol. The molecule has 3 N–H and O–H groups in total. The molecule has 0 radical (unpaired) electrons. The van der Waals surface area contributed by atoms with E-state index in [0.717, 1.165) is 0 Å². The molecule has 2 aromatic heterocycles. The molecule has 2 rings (SSSR count). The Morgan fingerprint density at radius 3 is 2.61 bits per heavy atom. The van der Waals surface area contributed by atoms with Crippen LogP contribution >= 0.6 is 0 Å². The molecule has 2 heterocycles. The molecule has 88 valence electrons. The smallest absolute Gasteiger partial charge is 0.176 e. The third-order valence-electron chi connectivity index (χ3n) is 2.24. The van der Waals surface area contributed by atoms with Crippen molar-refractivity contribution in [1.29, 1.82) is 10.5 Å². The van der Waals surface area contributed by atoms with E-state index in [1.165, 1.54) is 23.3 Å². The van der Waals surface area contributed by atoms with Crippen LogP contribution in [0.2, 0.25) is 0 Å². The highest BCUT2D eigenvalue weighted by atomic mass is 15.3. The van der Waals surface area contributed by atoms with Crippen LogP contribution in [0.4, 0.5) is 5.82 Å². The monoisotopic (exact) mass is 240 g/mol. The van der Waals surface area contributed by atoms with Crippen LogP contribution in [0.5, 0.6) is 0 Å². The Morgan fingerprint density at radius 2 is 2.06 bits per heavy atom. The largest absolute Gasteiger partial charge is 0.315 e. The van der Waals surface area contributed by atoms with Gasteiger partial charge in [0.15, 0.2) is 17.2 Å². The summed E-state index contributed by atoms with van der Waals surface area (Å²) in [6, 6.07) is 3.79. The molecule has 0 saturated carbocycles. The fourth-order valence-corrected chi connectivity index (χ4v) is 1.39. The first-order valence-electron chi connectivity index (χ1n) is 4.91. The number of nitrogen functional groups attached to an aromatic ring is 1. The highest BCUT2D eigenvalue weighted by molar-refractivity contribution is 5.36. The number of imidazole rings is 1. The van der Waals surface area contributed by atoms with Crippen molar-refractivity contribution in [2.45, 2.75) is 6.54 Å². The first-order valence-corrected chi connectivity index (χ1v) is 4.91. The fraction of sp³-hybridized carbons (Fsp3) is 0.100. The lowest BCUT2D eigenvalue weighted by atomic mass is 10.3. The Labute approximate surface area is 102 Å². The van der Waals surface area contributed by atoms with Crippen LogP contribution in [-0.4, -0.2) is 19.5 Å². The lowest BCUT2D eigenvalue weighted by Gasteiger charge is -2.03. The fourth-order valence-electron chi connectivity index (χ4n) is 1.39. The average molecular weight is 240 g/mol. The van der Waals surface area contributed by atoms with Gasteiger partial charge in [0.2, 0.25) is 0 Å². The Hall–Kier alpha value is -2.97. The standard InChI is InChI=1S/C10H8N8/c11-1-8-9(2-12)18(6-16-8)5-7-3-15-10(17-13)4-14-7/h3-4,6H,5,13H2,(H,15,17). The van der Waals surface area contributed by atoms with E-state index in [1.54, 1.807) is 0 Å². The lowest BCUT2D eigenvalue weighted by molar-refractivity contribution is 0.757. The summed E-state index contributed by atoms with van der Waals surface area (Å²) >= 11 is 0. The summed E-state index contributed by atoms with van der Waals surface area (Å²) in [4.78, 5) is 11.9. The summed E-state index contributed by atoms with van der Waals surface area (Å²) in [6.07, 6.45) is 4.43. The van der Waals surface area contributed by atoms with Crippen molar-refractivity contribution < 1.29 is 0 Å². The average Bonchev–Trinajstić information content (AvgIpc) is 2.81. The molecule has 0 atom stereocenters. The van der Waals surface area contributed by atoms with Gasteiger partial charge in [0.1, 0.15) is 12.1 Å². The number of rotatable bonds is 3. The molecule has 0 fully saturated rings. The van der Waals surface area contributed by atoms with Crippen LogP contribution in [-0.2, 0) is 6.54 Å². The van der Waals surface area contributed by atoms with E-state index in [4.69, 9.17) is 16.4 Å². The van der Waals surface area contributed by atoms with Crippen molar-refractivity contribution in [3.8, 4) is 12.1 Å². The molecule has 0 amide bonds. The van der Waals surface area contributed by atoms with Crippen molar-refractivity contribution in [3.63, 3.8) is 0 Å². The number of nitrogens with one attached hydrogen (secondary N) is 1. The summed E-state index contributed by atoms with van der Waals surface area (Å²) in [5.41, 5.74) is 3.31. The Kier molecular flexibility index (Phi) is 3.14. The summed E-state index contributed by atoms with van der Waals surface area (Å²) in [6.45, 7) is 0.315. The number of hydrogen-bond acceptors (Lipinski definition) is 7. The predicted octanol–water partition coefficient (Wildman–Crippen LogP) is -0.250. The van der Waals surface area contributed by atoms with E-state index in [0.29, 0.717) is 18.1 Å². The second kappa shape index (κ2) is 4.91. The van der Waals surface area contributed by atoms with Crippen molar-refractivity contribution in [2.24, 2.45) is 5.84 Å². The Morgan fingerprint density at radius 1 is 1.22 bits per heavy atom. The highest BCUT2D eigenvalue weighted by Crippen LogP contribution is 2.08. The number of anilines is 1. The van der Waals surface area contributed by atoms with Crippen molar-refractivity contribution in [3.05, 3.63) is 35.8 Å². The van der Waals surface area contributed by atoms with Gasteiger partial charge in [0.05, 0.1) is 31.0 Å². The number of nitrogens with two attached hydrogens (primary N) is 1. The van der Waals surface area contributed by atoms with Crippen LogP contribution in [0.1, 0.15) is 17.1 Å². The zero-order valence-corrected chi connectivity index (χ0v) is 9.20. The maximum absolute atomic E-state index is 8.95. The molecule has 0 aliphatic rings. The van der Waals surface area contributed by atoms with Gasteiger partial charge >= 0.3 is 0 Å². The van der Waals surface area contributed by atoms with Gasteiger partial charge in [-0.05, 0) is 0 Å². The van der Waals surface area contributed by atoms with Crippen LogP contribution in [0, 0.1) is 22.7 Å². The van der Waals surface area contributed by atoms with Gasteiger partial charge in [-0.15, -0.1) is 0 Å². The first kappa shape index (κ1) is 11.5. The topological polar surface area (TPSA) is 129 Å². The van der Waals surface area contributed by atoms with E-state index in [2.05, 4.69) is 20.4 Å². The normalized spacial score (nSPS) is 9.50. The molecule has 0 spiro atoms. The summed E-state index contributed by atoms with van der Waals surface area (Å²) in [5, 5.41) is 17.7. The molecule has 0 aliphatic heterocycles. The summed E-state index contributed by atoms with van der Waals surface area (Å²) < 4.78 is 1.54. The van der Waals surface area contributed by atoms with Crippen molar-refractivity contribution in [2.75, 3.05) is 5.43 Å².